The van der Waals surface area contributed by atoms with Crippen LogP contribution in [0.5, 0.6) is 5.75 Å². The van der Waals surface area contributed by atoms with Crippen LogP contribution in [0.4, 0.5) is 10.1 Å². The number of nitrogens with zero attached hydrogens (tertiary/aromatic N) is 2. The third-order valence-corrected chi connectivity index (χ3v) is 3.57. The van der Waals surface area contributed by atoms with E-state index in [-0.39, 0.29) is 17.9 Å². The molecule has 0 atom stereocenters. The summed E-state index contributed by atoms with van der Waals surface area (Å²) in [6, 6.07) is 10.9. The van der Waals surface area contributed by atoms with E-state index in [1.807, 2.05) is 0 Å². The summed E-state index contributed by atoms with van der Waals surface area (Å²) >= 11 is 0. The number of hydrogen-bond donors (Lipinski definition) is 1. The molecule has 25 heavy (non-hydrogen) atoms. The number of benzene rings is 2. The Kier molecular flexibility index (Phi) is 4.74. The number of ether oxygens (including phenoxy) is 1. The highest BCUT2D eigenvalue weighted by Crippen LogP contribution is 2.25. The van der Waals surface area contributed by atoms with Crippen LogP contribution in [0.2, 0.25) is 0 Å². The van der Waals surface area contributed by atoms with Gasteiger partial charge in [0.1, 0.15) is 18.1 Å². The van der Waals surface area contributed by atoms with Crippen molar-refractivity contribution in [2.75, 3.05) is 11.9 Å². The number of carbonyl (C=O) groups is 1. The zero-order chi connectivity index (χ0) is 17.8. The van der Waals surface area contributed by atoms with Gasteiger partial charge in [0.2, 0.25) is 5.91 Å². The topological polar surface area (TPSA) is 73.2 Å². The summed E-state index contributed by atoms with van der Waals surface area (Å²) in [6.07, 6.45) is 1.18. The van der Waals surface area contributed by atoms with Crippen molar-refractivity contribution in [1.82, 2.24) is 9.55 Å². The maximum atomic E-state index is 13.3. The quantitative estimate of drug-likeness (QED) is 0.774. The molecule has 1 amide bonds. The van der Waals surface area contributed by atoms with E-state index in [4.69, 9.17) is 4.74 Å². The van der Waals surface area contributed by atoms with Crippen LogP contribution in [-0.4, -0.2) is 22.1 Å². The highest BCUT2D eigenvalue weighted by Gasteiger charge is 2.12. The number of para-hydroxylation sites is 2. The van der Waals surface area contributed by atoms with E-state index in [0.29, 0.717) is 23.3 Å². The summed E-state index contributed by atoms with van der Waals surface area (Å²) in [4.78, 5) is 28.5. The molecule has 1 aromatic heterocycles. The molecule has 0 bridgehead atoms. The van der Waals surface area contributed by atoms with E-state index in [1.54, 1.807) is 31.2 Å². The van der Waals surface area contributed by atoms with Crippen molar-refractivity contribution in [3.63, 3.8) is 0 Å². The fourth-order valence-electron chi connectivity index (χ4n) is 2.49. The van der Waals surface area contributed by atoms with Gasteiger partial charge < -0.3 is 10.1 Å². The highest BCUT2D eigenvalue weighted by atomic mass is 19.1. The maximum Gasteiger partial charge on any atom is 0.269 e. The minimum absolute atomic E-state index is 0.190. The van der Waals surface area contributed by atoms with E-state index in [2.05, 4.69) is 10.3 Å². The molecule has 128 valence electrons. The lowest BCUT2D eigenvalue weighted by atomic mass is 10.2. The van der Waals surface area contributed by atoms with E-state index in [0.717, 1.165) is 0 Å². The number of halogens is 1. The number of carbonyl (C=O) groups excluding carboxylic acids is 1. The second kappa shape index (κ2) is 7.12. The van der Waals surface area contributed by atoms with Crippen molar-refractivity contribution >= 4 is 22.6 Å². The molecule has 0 saturated heterocycles. The van der Waals surface area contributed by atoms with Crippen molar-refractivity contribution < 1.29 is 13.9 Å². The molecule has 1 N–H and O–H groups in total. The van der Waals surface area contributed by atoms with Gasteiger partial charge in [-0.05, 0) is 31.2 Å². The van der Waals surface area contributed by atoms with E-state index in [1.165, 1.54) is 29.0 Å². The van der Waals surface area contributed by atoms with Crippen LogP contribution in [0.25, 0.3) is 11.0 Å². The summed E-state index contributed by atoms with van der Waals surface area (Å²) in [5.41, 5.74) is 1.15. The van der Waals surface area contributed by atoms with Crippen molar-refractivity contribution in [1.29, 1.82) is 0 Å². The van der Waals surface area contributed by atoms with Crippen LogP contribution < -0.4 is 15.6 Å². The van der Waals surface area contributed by atoms with Crippen molar-refractivity contribution in [2.45, 2.75) is 13.5 Å². The molecule has 2 aromatic carbocycles. The van der Waals surface area contributed by atoms with E-state index >= 15 is 0 Å². The Morgan fingerprint density at radius 2 is 2.08 bits per heavy atom. The minimum atomic E-state index is -0.460. The van der Waals surface area contributed by atoms with Gasteiger partial charge in [-0.15, -0.1) is 0 Å². The van der Waals surface area contributed by atoms with Gasteiger partial charge in [0.05, 0.1) is 29.5 Å². The Labute approximate surface area is 142 Å². The monoisotopic (exact) mass is 341 g/mol. The van der Waals surface area contributed by atoms with Crippen LogP contribution in [-0.2, 0) is 11.3 Å². The molecule has 0 fully saturated rings. The molecular formula is C18H16FN3O3. The summed E-state index contributed by atoms with van der Waals surface area (Å²) in [5.74, 6) is -0.647. The van der Waals surface area contributed by atoms with Crippen LogP contribution in [0.3, 0.4) is 0 Å². The molecule has 1 heterocycles. The molecular weight excluding hydrogens is 325 g/mol. The lowest BCUT2D eigenvalue weighted by molar-refractivity contribution is -0.116. The first kappa shape index (κ1) is 16.6. The average Bonchev–Trinajstić information content (AvgIpc) is 2.60. The summed E-state index contributed by atoms with van der Waals surface area (Å²) < 4.78 is 20.0. The van der Waals surface area contributed by atoms with Crippen LogP contribution in [0.15, 0.2) is 53.5 Å². The van der Waals surface area contributed by atoms with Gasteiger partial charge in [-0.3, -0.25) is 14.2 Å². The van der Waals surface area contributed by atoms with Gasteiger partial charge in [0.25, 0.3) is 5.56 Å². The Morgan fingerprint density at radius 3 is 2.88 bits per heavy atom. The van der Waals surface area contributed by atoms with Crippen molar-refractivity contribution in [3.05, 3.63) is 64.8 Å². The van der Waals surface area contributed by atoms with Crippen LogP contribution >= 0.6 is 0 Å². The number of fused-ring (bicyclic) bond motifs is 1. The second-order valence-corrected chi connectivity index (χ2v) is 5.29. The number of anilines is 1. The van der Waals surface area contributed by atoms with Gasteiger partial charge in [-0.25, -0.2) is 9.37 Å². The molecule has 0 spiro atoms. The lowest BCUT2D eigenvalue weighted by Gasteiger charge is -2.13. The minimum Gasteiger partial charge on any atom is -0.492 e. The molecule has 0 aliphatic carbocycles. The Morgan fingerprint density at radius 1 is 1.28 bits per heavy atom. The zero-order valence-corrected chi connectivity index (χ0v) is 13.5. The Hall–Kier alpha value is -3.22. The van der Waals surface area contributed by atoms with Crippen molar-refractivity contribution in [2.24, 2.45) is 0 Å². The normalized spacial score (nSPS) is 10.6. The van der Waals surface area contributed by atoms with Gasteiger partial charge in [-0.1, -0.05) is 12.1 Å². The lowest BCUT2D eigenvalue weighted by Crippen LogP contribution is -2.28. The van der Waals surface area contributed by atoms with Gasteiger partial charge in [0.15, 0.2) is 0 Å². The zero-order valence-electron chi connectivity index (χ0n) is 13.5. The standard InChI is InChI=1S/C18H16FN3O3/c1-2-25-16-9-12(19)7-8-14(16)21-17(23)11-22-15-6-4-3-5-13(15)20-10-18(22)24/h3-10H,2,11H2,1H3,(H,21,23). The van der Waals surface area contributed by atoms with Gasteiger partial charge in [-0.2, -0.15) is 0 Å². The number of rotatable bonds is 5. The summed E-state index contributed by atoms with van der Waals surface area (Å²) in [7, 11) is 0. The first-order valence-electron chi connectivity index (χ1n) is 7.75. The third kappa shape index (κ3) is 3.65. The molecule has 7 heteroatoms. The third-order valence-electron chi connectivity index (χ3n) is 3.57. The molecule has 0 radical (unpaired) electrons. The second-order valence-electron chi connectivity index (χ2n) is 5.29. The molecule has 0 aliphatic heterocycles. The van der Waals surface area contributed by atoms with E-state index in [9.17, 15) is 14.0 Å². The first-order chi connectivity index (χ1) is 12.1. The van der Waals surface area contributed by atoms with Crippen LogP contribution in [0, 0.1) is 5.82 Å². The predicted octanol–water partition coefficient (Wildman–Crippen LogP) is 2.57. The molecule has 0 aliphatic rings. The van der Waals surface area contributed by atoms with E-state index < -0.39 is 11.7 Å². The van der Waals surface area contributed by atoms with Crippen molar-refractivity contribution in [3.8, 4) is 5.75 Å². The highest BCUT2D eigenvalue weighted by molar-refractivity contribution is 5.92. The average molecular weight is 341 g/mol. The summed E-state index contributed by atoms with van der Waals surface area (Å²) in [6.45, 7) is 1.91. The van der Waals surface area contributed by atoms with Gasteiger partial charge in [0, 0.05) is 6.07 Å². The van der Waals surface area contributed by atoms with Gasteiger partial charge >= 0.3 is 0 Å². The molecule has 0 saturated carbocycles. The fraction of sp³-hybridized carbons (Fsp3) is 0.167. The fourth-order valence-corrected chi connectivity index (χ4v) is 2.49. The Bertz CT molecular complexity index is 985. The van der Waals surface area contributed by atoms with Crippen LogP contribution in [0.1, 0.15) is 6.92 Å². The predicted molar refractivity (Wildman–Crippen MR) is 92.2 cm³/mol. The Balaban J connectivity index is 1.87. The summed E-state index contributed by atoms with van der Waals surface area (Å²) in [5, 5.41) is 2.65. The maximum absolute atomic E-state index is 13.3. The number of aromatic nitrogens is 2. The number of nitrogens with one attached hydrogen (secondary N) is 1. The molecule has 0 unspecified atom stereocenters. The first-order valence-corrected chi connectivity index (χ1v) is 7.75. The number of hydrogen-bond acceptors (Lipinski definition) is 4. The molecule has 3 rings (SSSR count). The SMILES string of the molecule is CCOc1cc(F)ccc1NC(=O)Cn1c(=O)cnc2ccccc21. The molecule has 6 nitrogen and oxygen atoms in total. The smallest absolute Gasteiger partial charge is 0.269 e. The molecule has 3 aromatic rings. The number of amides is 1. The largest absolute Gasteiger partial charge is 0.492 e.